The average molecular weight is 142 g/mol. The molecule has 0 aliphatic carbocycles. The standard InChI is InChI=1S/C6H10N2O2/c1-2-5-7-3-4(8-5)6(9)10/h4H,2-3H2,1H3,(H,7,8)(H,9,10). The maximum absolute atomic E-state index is 10.3. The first-order valence-corrected chi connectivity index (χ1v) is 3.26. The predicted molar refractivity (Wildman–Crippen MR) is 37.2 cm³/mol. The van der Waals surface area contributed by atoms with Gasteiger partial charge < -0.3 is 10.4 Å². The largest absolute Gasteiger partial charge is 0.480 e. The number of rotatable bonds is 2. The van der Waals surface area contributed by atoms with Crippen molar-refractivity contribution < 1.29 is 9.90 Å². The molecule has 4 nitrogen and oxygen atoms in total. The van der Waals surface area contributed by atoms with E-state index in [0.717, 1.165) is 12.3 Å². The zero-order chi connectivity index (χ0) is 7.56. The summed E-state index contributed by atoms with van der Waals surface area (Å²) >= 11 is 0. The van der Waals surface area contributed by atoms with E-state index in [1.54, 1.807) is 0 Å². The Morgan fingerprint density at radius 3 is 3.00 bits per heavy atom. The summed E-state index contributed by atoms with van der Waals surface area (Å²) in [5, 5.41) is 11.3. The number of nitrogens with zero attached hydrogens (tertiary/aromatic N) is 1. The van der Waals surface area contributed by atoms with Crippen molar-refractivity contribution in [3.63, 3.8) is 0 Å². The molecule has 0 saturated heterocycles. The second-order valence-electron chi connectivity index (χ2n) is 2.18. The fourth-order valence-electron chi connectivity index (χ4n) is 0.848. The third kappa shape index (κ3) is 1.26. The van der Waals surface area contributed by atoms with Crippen molar-refractivity contribution in [2.24, 2.45) is 4.99 Å². The third-order valence-corrected chi connectivity index (χ3v) is 1.44. The second-order valence-corrected chi connectivity index (χ2v) is 2.18. The molecule has 0 bridgehead atoms. The summed E-state index contributed by atoms with van der Waals surface area (Å²) in [6.45, 7) is 2.31. The molecule has 0 aromatic carbocycles. The molecule has 1 heterocycles. The monoisotopic (exact) mass is 142 g/mol. The summed E-state index contributed by atoms with van der Waals surface area (Å²) in [7, 11) is 0. The Balaban J connectivity index is 2.43. The van der Waals surface area contributed by atoms with E-state index in [-0.39, 0.29) is 0 Å². The number of hydrogen-bond donors (Lipinski definition) is 2. The first-order valence-electron chi connectivity index (χ1n) is 3.26. The number of aliphatic imine (C=N–C) groups is 1. The Hall–Kier alpha value is -1.06. The second kappa shape index (κ2) is 2.68. The highest BCUT2D eigenvalue weighted by Gasteiger charge is 2.22. The van der Waals surface area contributed by atoms with E-state index >= 15 is 0 Å². The van der Waals surface area contributed by atoms with Crippen LogP contribution in [-0.4, -0.2) is 29.5 Å². The van der Waals surface area contributed by atoms with Crippen molar-refractivity contribution in [1.82, 2.24) is 5.32 Å². The first kappa shape index (κ1) is 7.05. The lowest BCUT2D eigenvalue weighted by Crippen LogP contribution is -2.36. The predicted octanol–water partition coefficient (Wildman–Crippen LogP) is -0.149. The minimum absolute atomic E-state index is 0.374. The van der Waals surface area contributed by atoms with Gasteiger partial charge in [-0.15, -0.1) is 0 Å². The van der Waals surface area contributed by atoms with E-state index in [1.807, 2.05) is 6.92 Å². The molecule has 56 valence electrons. The Labute approximate surface area is 59.0 Å². The first-order chi connectivity index (χ1) is 4.74. The molecule has 4 heteroatoms. The van der Waals surface area contributed by atoms with E-state index in [1.165, 1.54) is 0 Å². The van der Waals surface area contributed by atoms with E-state index in [9.17, 15) is 4.79 Å². The molecule has 0 aromatic rings. The summed E-state index contributed by atoms with van der Waals surface area (Å²) in [6, 6.07) is -0.491. The van der Waals surface area contributed by atoms with Gasteiger partial charge in [0.1, 0.15) is 6.04 Å². The number of carboxylic acid groups (broad SMARTS) is 1. The molecule has 0 spiro atoms. The van der Waals surface area contributed by atoms with Crippen molar-refractivity contribution in [1.29, 1.82) is 0 Å². The van der Waals surface area contributed by atoms with Gasteiger partial charge in [-0.25, -0.2) is 4.79 Å². The number of carboxylic acids is 1. The normalized spacial score (nSPS) is 23.7. The highest BCUT2D eigenvalue weighted by Crippen LogP contribution is 1.97. The van der Waals surface area contributed by atoms with Crippen LogP contribution in [0, 0.1) is 0 Å². The molecule has 0 fully saturated rings. The molecule has 0 radical (unpaired) electrons. The van der Waals surface area contributed by atoms with E-state index in [0.29, 0.717) is 6.54 Å². The maximum atomic E-state index is 10.3. The summed E-state index contributed by atoms with van der Waals surface area (Å²) in [6.07, 6.45) is 0.782. The van der Waals surface area contributed by atoms with Crippen LogP contribution >= 0.6 is 0 Å². The number of carbonyl (C=O) groups is 1. The van der Waals surface area contributed by atoms with E-state index < -0.39 is 12.0 Å². The molecule has 0 amide bonds. The van der Waals surface area contributed by atoms with Gasteiger partial charge in [0.15, 0.2) is 0 Å². The van der Waals surface area contributed by atoms with Crippen LogP contribution in [0.4, 0.5) is 0 Å². The van der Waals surface area contributed by atoms with Crippen LogP contribution < -0.4 is 5.32 Å². The Bertz CT molecular complexity index is 177. The molecule has 0 saturated carbocycles. The van der Waals surface area contributed by atoms with Crippen LogP contribution in [0.2, 0.25) is 0 Å². The van der Waals surface area contributed by atoms with Crippen LogP contribution in [0.25, 0.3) is 0 Å². The van der Waals surface area contributed by atoms with Crippen LogP contribution in [0.3, 0.4) is 0 Å². The molecule has 0 aromatic heterocycles. The van der Waals surface area contributed by atoms with Gasteiger partial charge in [0, 0.05) is 6.42 Å². The van der Waals surface area contributed by atoms with Crippen molar-refractivity contribution in [3.8, 4) is 0 Å². The number of nitrogens with one attached hydrogen (secondary N) is 1. The Morgan fingerprint density at radius 2 is 2.70 bits per heavy atom. The van der Waals surface area contributed by atoms with E-state index in [4.69, 9.17) is 5.11 Å². The van der Waals surface area contributed by atoms with Gasteiger partial charge in [0.05, 0.1) is 12.4 Å². The molecular formula is C6H10N2O2. The van der Waals surface area contributed by atoms with Crippen molar-refractivity contribution in [3.05, 3.63) is 0 Å². The molecule has 1 unspecified atom stereocenters. The van der Waals surface area contributed by atoms with Gasteiger partial charge >= 0.3 is 5.97 Å². The zero-order valence-corrected chi connectivity index (χ0v) is 5.79. The van der Waals surface area contributed by atoms with Crippen LogP contribution in [-0.2, 0) is 4.79 Å². The highest BCUT2D eigenvalue weighted by atomic mass is 16.4. The lowest BCUT2D eigenvalue weighted by Gasteiger charge is -2.03. The van der Waals surface area contributed by atoms with Gasteiger partial charge in [-0.05, 0) is 0 Å². The third-order valence-electron chi connectivity index (χ3n) is 1.44. The minimum atomic E-state index is -0.827. The topological polar surface area (TPSA) is 61.7 Å². The quantitative estimate of drug-likeness (QED) is 0.563. The SMILES string of the molecule is CCC1=NCC(C(=O)O)N1. The van der Waals surface area contributed by atoms with Gasteiger partial charge in [0.2, 0.25) is 0 Å². The fraction of sp³-hybridized carbons (Fsp3) is 0.667. The minimum Gasteiger partial charge on any atom is -0.480 e. The lowest BCUT2D eigenvalue weighted by atomic mass is 10.3. The highest BCUT2D eigenvalue weighted by molar-refractivity contribution is 5.89. The summed E-state index contributed by atoms with van der Waals surface area (Å²) in [5.74, 6) is -0.0281. The number of hydrogen-bond acceptors (Lipinski definition) is 3. The van der Waals surface area contributed by atoms with Crippen LogP contribution in [0.5, 0.6) is 0 Å². The Kier molecular flexibility index (Phi) is 1.89. The maximum Gasteiger partial charge on any atom is 0.328 e. The van der Waals surface area contributed by atoms with Gasteiger partial charge in [0.25, 0.3) is 0 Å². The molecule has 1 rings (SSSR count). The van der Waals surface area contributed by atoms with Crippen molar-refractivity contribution >= 4 is 11.8 Å². The average Bonchev–Trinajstić information content (AvgIpc) is 2.34. The molecule has 1 aliphatic rings. The number of aliphatic carboxylic acids is 1. The smallest absolute Gasteiger partial charge is 0.328 e. The molecule has 10 heavy (non-hydrogen) atoms. The molecule has 1 aliphatic heterocycles. The van der Waals surface area contributed by atoms with Gasteiger partial charge in [-0.1, -0.05) is 6.92 Å². The van der Waals surface area contributed by atoms with Crippen LogP contribution in [0.15, 0.2) is 4.99 Å². The van der Waals surface area contributed by atoms with Crippen molar-refractivity contribution in [2.45, 2.75) is 19.4 Å². The lowest BCUT2D eigenvalue weighted by molar-refractivity contribution is -0.138. The summed E-state index contributed by atoms with van der Waals surface area (Å²) < 4.78 is 0. The summed E-state index contributed by atoms with van der Waals surface area (Å²) in [5.41, 5.74) is 0. The molecular weight excluding hydrogens is 132 g/mol. The fourth-order valence-corrected chi connectivity index (χ4v) is 0.848. The Morgan fingerprint density at radius 1 is 2.00 bits per heavy atom. The van der Waals surface area contributed by atoms with Crippen molar-refractivity contribution in [2.75, 3.05) is 6.54 Å². The van der Waals surface area contributed by atoms with Gasteiger partial charge in [-0.2, -0.15) is 0 Å². The number of amidine groups is 1. The molecule has 1 atom stereocenters. The molecule has 2 N–H and O–H groups in total. The van der Waals surface area contributed by atoms with Crippen LogP contribution in [0.1, 0.15) is 13.3 Å². The van der Waals surface area contributed by atoms with E-state index in [2.05, 4.69) is 10.3 Å². The zero-order valence-electron chi connectivity index (χ0n) is 5.79. The summed E-state index contributed by atoms with van der Waals surface area (Å²) in [4.78, 5) is 14.3. The van der Waals surface area contributed by atoms with Gasteiger partial charge in [-0.3, -0.25) is 4.99 Å².